The van der Waals surface area contributed by atoms with Gasteiger partial charge in [-0.3, -0.25) is 0 Å². The molecule has 1 aliphatic rings. The molecule has 0 N–H and O–H groups in total. The molecule has 0 spiro atoms. The van der Waals surface area contributed by atoms with Crippen molar-refractivity contribution >= 4 is 15.9 Å². The third-order valence-electron chi connectivity index (χ3n) is 2.21. The van der Waals surface area contributed by atoms with Crippen LogP contribution in [-0.4, -0.2) is 0 Å². The van der Waals surface area contributed by atoms with Crippen molar-refractivity contribution in [2.75, 3.05) is 0 Å². The van der Waals surface area contributed by atoms with Gasteiger partial charge in [0.05, 0.1) is 5.56 Å². The molecule has 0 radical (unpaired) electrons. The molecule has 0 fully saturated rings. The van der Waals surface area contributed by atoms with Crippen molar-refractivity contribution in [1.29, 1.82) is 0 Å². The molecular formula is C9H6BrF3. The van der Waals surface area contributed by atoms with Crippen molar-refractivity contribution in [2.24, 2.45) is 0 Å². The predicted molar refractivity (Wildman–Crippen MR) is 46.3 cm³/mol. The van der Waals surface area contributed by atoms with Crippen LogP contribution < -0.4 is 0 Å². The van der Waals surface area contributed by atoms with Gasteiger partial charge in [-0.1, -0.05) is 15.9 Å². The highest BCUT2D eigenvalue weighted by Crippen LogP contribution is 2.43. The zero-order valence-corrected chi connectivity index (χ0v) is 8.17. The molecule has 2 rings (SSSR count). The first-order valence-electron chi connectivity index (χ1n) is 3.87. The number of hydrogen-bond donors (Lipinski definition) is 0. The summed E-state index contributed by atoms with van der Waals surface area (Å²) in [7, 11) is 0. The molecule has 1 aromatic rings. The Bertz CT molecular complexity index is 360. The van der Waals surface area contributed by atoms with Crippen LogP contribution in [0.3, 0.4) is 0 Å². The van der Waals surface area contributed by atoms with E-state index < -0.39 is 17.3 Å². The second-order valence-electron chi connectivity index (χ2n) is 3.13. The lowest BCUT2D eigenvalue weighted by molar-refractivity contribution is -0.00499. The Morgan fingerprint density at radius 3 is 2.69 bits per heavy atom. The Balaban J connectivity index is 2.65. The molecule has 0 amide bonds. The van der Waals surface area contributed by atoms with Gasteiger partial charge in [-0.15, -0.1) is 0 Å². The Labute approximate surface area is 81.9 Å². The number of halogens is 4. The Morgan fingerprint density at radius 1 is 1.31 bits per heavy atom. The van der Waals surface area contributed by atoms with Crippen LogP contribution in [0.15, 0.2) is 16.6 Å². The number of benzene rings is 1. The first-order chi connectivity index (χ1) is 6.00. The molecule has 1 aliphatic carbocycles. The molecule has 13 heavy (non-hydrogen) atoms. The highest BCUT2D eigenvalue weighted by atomic mass is 79.9. The average Bonchev–Trinajstić information content (AvgIpc) is 2.26. The van der Waals surface area contributed by atoms with Gasteiger partial charge in [0.2, 0.25) is 0 Å². The SMILES string of the molecule is Fc1cc(Br)cc2c1C(F)(F)CC2. The van der Waals surface area contributed by atoms with Crippen molar-refractivity contribution in [2.45, 2.75) is 18.8 Å². The molecule has 0 nitrogen and oxygen atoms in total. The molecule has 0 bridgehead atoms. The second-order valence-corrected chi connectivity index (χ2v) is 4.04. The summed E-state index contributed by atoms with van der Waals surface area (Å²) in [6, 6.07) is 2.64. The molecule has 0 saturated carbocycles. The van der Waals surface area contributed by atoms with Gasteiger partial charge in [-0.2, -0.15) is 0 Å². The maximum absolute atomic E-state index is 13.1. The number of aryl methyl sites for hydroxylation is 1. The fraction of sp³-hybridized carbons (Fsp3) is 0.333. The molecule has 4 heteroatoms. The van der Waals surface area contributed by atoms with Crippen LogP contribution in [0.1, 0.15) is 17.5 Å². The predicted octanol–water partition coefficient (Wildman–Crippen LogP) is 3.63. The Hall–Kier alpha value is -0.510. The summed E-state index contributed by atoms with van der Waals surface area (Å²) in [5, 5.41) is 0. The van der Waals surface area contributed by atoms with Gasteiger partial charge in [-0.05, 0) is 24.1 Å². The van der Waals surface area contributed by atoms with Crippen molar-refractivity contribution in [1.82, 2.24) is 0 Å². The topological polar surface area (TPSA) is 0 Å². The summed E-state index contributed by atoms with van der Waals surface area (Å²) in [5.74, 6) is -3.80. The molecular weight excluding hydrogens is 245 g/mol. The summed E-state index contributed by atoms with van der Waals surface area (Å²) in [5.41, 5.74) is -0.00687. The van der Waals surface area contributed by atoms with Crippen LogP contribution in [0.2, 0.25) is 0 Å². The van der Waals surface area contributed by atoms with Gasteiger partial charge in [-0.25, -0.2) is 13.2 Å². The number of fused-ring (bicyclic) bond motifs is 1. The highest BCUT2D eigenvalue weighted by Gasteiger charge is 2.41. The van der Waals surface area contributed by atoms with Gasteiger partial charge in [0.1, 0.15) is 5.82 Å². The minimum atomic E-state index is -2.99. The minimum Gasteiger partial charge on any atom is -0.206 e. The first-order valence-corrected chi connectivity index (χ1v) is 4.66. The smallest absolute Gasteiger partial charge is 0.206 e. The van der Waals surface area contributed by atoms with Gasteiger partial charge < -0.3 is 0 Å². The van der Waals surface area contributed by atoms with E-state index in [1.165, 1.54) is 0 Å². The van der Waals surface area contributed by atoms with E-state index in [2.05, 4.69) is 15.9 Å². The van der Waals surface area contributed by atoms with Crippen LogP contribution >= 0.6 is 15.9 Å². The van der Waals surface area contributed by atoms with Crippen molar-refractivity contribution < 1.29 is 13.2 Å². The van der Waals surface area contributed by atoms with Gasteiger partial charge >= 0.3 is 0 Å². The van der Waals surface area contributed by atoms with Crippen LogP contribution in [0.5, 0.6) is 0 Å². The first kappa shape index (κ1) is 9.06. The quantitative estimate of drug-likeness (QED) is 0.660. The largest absolute Gasteiger partial charge is 0.276 e. The zero-order chi connectivity index (χ0) is 9.64. The molecule has 0 unspecified atom stereocenters. The highest BCUT2D eigenvalue weighted by molar-refractivity contribution is 9.10. The molecule has 70 valence electrons. The molecule has 0 aliphatic heterocycles. The fourth-order valence-corrected chi connectivity index (χ4v) is 2.13. The van der Waals surface area contributed by atoms with E-state index >= 15 is 0 Å². The fourth-order valence-electron chi connectivity index (χ4n) is 1.65. The Kier molecular flexibility index (Phi) is 1.91. The lowest BCUT2D eigenvalue weighted by atomic mass is 10.1. The van der Waals surface area contributed by atoms with Gasteiger partial charge in [0.15, 0.2) is 0 Å². The van der Waals surface area contributed by atoms with Crippen LogP contribution in [0.4, 0.5) is 13.2 Å². The summed E-state index contributed by atoms with van der Waals surface area (Å²) in [6.07, 6.45) is -0.0333. The third kappa shape index (κ3) is 1.37. The van der Waals surface area contributed by atoms with Crippen LogP contribution in [0.25, 0.3) is 0 Å². The van der Waals surface area contributed by atoms with E-state index in [0.717, 1.165) is 6.07 Å². The lowest BCUT2D eigenvalue weighted by Crippen LogP contribution is -2.09. The number of hydrogen-bond acceptors (Lipinski definition) is 0. The number of alkyl halides is 2. The van der Waals surface area contributed by atoms with E-state index in [4.69, 9.17) is 0 Å². The molecule has 0 heterocycles. The summed E-state index contributed by atoms with van der Waals surface area (Å²) >= 11 is 3.07. The van der Waals surface area contributed by atoms with E-state index in [1.54, 1.807) is 6.07 Å². The number of rotatable bonds is 0. The minimum absolute atomic E-state index is 0.249. The zero-order valence-electron chi connectivity index (χ0n) is 6.58. The Morgan fingerprint density at radius 2 is 2.00 bits per heavy atom. The van der Waals surface area contributed by atoms with Crippen molar-refractivity contribution in [3.8, 4) is 0 Å². The summed E-state index contributed by atoms with van der Waals surface area (Å²) < 4.78 is 39.8. The second kappa shape index (κ2) is 2.74. The maximum Gasteiger partial charge on any atom is 0.276 e. The van der Waals surface area contributed by atoms with E-state index in [1.807, 2.05) is 0 Å². The van der Waals surface area contributed by atoms with Crippen molar-refractivity contribution in [3.05, 3.63) is 33.5 Å². The molecule has 1 aromatic carbocycles. The maximum atomic E-state index is 13.1. The standard InChI is InChI=1S/C9H6BrF3/c10-6-3-5-1-2-9(12,13)8(5)7(11)4-6/h3-4H,1-2H2. The lowest BCUT2D eigenvalue weighted by Gasteiger charge is -2.10. The van der Waals surface area contributed by atoms with Crippen LogP contribution in [-0.2, 0) is 12.3 Å². The van der Waals surface area contributed by atoms with Crippen molar-refractivity contribution in [3.63, 3.8) is 0 Å². The molecule has 0 saturated heterocycles. The monoisotopic (exact) mass is 250 g/mol. The third-order valence-corrected chi connectivity index (χ3v) is 2.67. The average molecular weight is 251 g/mol. The summed E-state index contributed by atoms with van der Waals surface area (Å²) in [6.45, 7) is 0. The van der Waals surface area contributed by atoms with E-state index in [9.17, 15) is 13.2 Å². The molecule has 0 aromatic heterocycles. The van der Waals surface area contributed by atoms with Gasteiger partial charge in [0.25, 0.3) is 5.92 Å². The normalized spacial score (nSPS) is 18.8. The van der Waals surface area contributed by atoms with Gasteiger partial charge in [0, 0.05) is 10.9 Å². The summed E-state index contributed by atoms with van der Waals surface area (Å²) in [4.78, 5) is 0. The van der Waals surface area contributed by atoms with E-state index in [0.29, 0.717) is 10.0 Å². The van der Waals surface area contributed by atoms with Crippen LogP contribution in [0, 0.1) is 5.82 Å². The molecule has 0 atom stereocenters. The van der Waals surface area contributed by atoms with E-state index in [-0.39, 0.29) is 12.8 Å².